The van der Waals surface area contributed by atoms with Gasteiger partial charge in [0.15, 0.2) is 0 Å². The molecule has 4 heterocycles. The minimum Gasteiger partial charge on any atom is -0.383 e. The molecule has 1 fully saturated rings. The summed E-state index contributed by atoms with van der Waals surface area (Å²) in [6.45, 7) is 3.20. The maximum absolute atomic E-state index is 13.1. The maximum Gasteiger partial charge on any atom is 0.277 e. The Kier molecular flexibility index (Phi) is 5.36. The molecule has 8 nitrogen and oxygen atoms in total. The molecule has 2 aliphatic rings. The minimum absolute atomic E-state index is 0.241. The van der Waals surface area contributed by atoms with Crippen LogP contribution in [0.4, 0.5) is 5.95 Å². The number of rotatable bonds is 6. The third kappa shape index (κ3) is 3.38. The van der Waals surface area contributed by atoms with Crippen LogP contribution in [0.3, 0.4) is 0 Å². The van der Waals surface area contributed by atoms with Crippen molar-refractivity contribution in [2.75, 3.05) is 51.3 Å². The summed E-state index contributed by atoms with van der Waals surface area (Å²) < 4.78 is 5.07. The fourth-order valence-corrected chi connectivity index (χ4v) is 4.23. The van der Waals surface area contributed by atoms with E-state index in [0.717, 1.165) is 4.88 Å². The predicted molar refractivity (Wildman–Crippen MR) is 106 cm³/mol. The molecule has 0 N–H and O–H groups in total. The van der Waals surface area contributed by atoms with Crippen molar-refractivity contribution in [1.29, 1.82) is 0 Å². The van der Waals surface area contributed by atoms with E-state index in [2.05, 4.69) is 14.9 Å². The molecular formula is C19H21N5O3S. The molecule has 0 unspecified atom stereocenters. The van der Waals surface area contributed by atoms with Crippen LogP contribution < -0.4 is 4.90 Å². The lowest BCUT2D eigenvalue weighted by molar-refractivity contribution is -0.138. The number of aromatic nitrogens is 2. The van der Waals surface area contributed by atoms with Crippen molar-refractivity contribution in [3.8, 4) is 0 Å². The van der Waals surface area contributed by atoms with E-state index in [-0.39, 0.29) is 18.4 Å². The minimum atomic E-state index is -0.242. The van der Waals surface area contributed by atoms with Crippen molar-refractivity contribution < 1.29 is 14.3 Å². The van der Waals surface area contributed by atoms with Gasteiger partial charge in [-0.3, -0.25) is 14.5 Å². The highest BCUT2D eigenvalue weighted by Crippen LogP contribution is 2.34. The zero-order valence-electron chi connectivity index (χ0n) is 15.6. The van der Waals surface area contributed by atoms with E-state index < -0.39 is 0 Å². The Hall–Kier alpha value is -2.78. The van der Waals surface area contributed by atoms with Crippen molar-refractivity contribution in [2.45, 2.75) is 0 Å². The second kappa shape index (κ2) is 8.07. The molecule has 2 aromatic heterocycles. The van der Waals surface area contributed by atoms with Crippen molar-refractivity contribution in [3.05, 3.63) is 46.5 Å². The number of hydrogen-bond acceptors (Lipinski definition) is 8. The van der Waals surface area contributed by atoms with Crippen LogP contribution >= 0.6 is 11.3 Å². The Balaban J connectivity index is 1.59. The average molecular weight is 399 g/mol. The number of anilines is 1. The van der Waals surface area contributed by atoms with Crippen LogP contribution in [0.2, 0.25) is 0 Å². The van der Waals surface area contributed by atoms with E-state index in [9.17, 15) is 9.59 Å². The summed E-state index contributed by atoms with van der Waals surface area (Å²) in [5.41, 5.74) is 0.998. The molecule has 0 bridgehead atoms. The van der Waals surface area contributed by atoms with E-state index in [1.165, 1.54) is 16.2 Å². The van der Waals surface area contributed by atoms with Gasteiger partial charge < -0.3 is 14.5 Å². The molecule has 1 saturated heterocycles. The predicted octanol–water partition coefficient (Wildman–Crippen LogP) is 1.09. The lowest BCUT2D eigenvalue weighted by Gasteiger charge is -2.36. The summed E-state index contributed by atoms with van der Waals surface area (Å²) in [5, 5.41) is 1.92. The number of carbonyl (C=O) groups excluding carboxylic acids is 2. The summed E-state index contributed by atoms with van der Waals surface area (Å²) in [4.78, 5) is 40.9. The van der Waals surface area contributed by atoms with Crippen LogP contribution in [0.5, 0.6) is 0 Å². The van der Waals surface area contributed by atoms with Crippen molar-refractivity contribution in [2.24, 2.45) is 0 Å². The van der Waals surface area contributed by atoms with Crippen LogP contribution in [0, 0.1) is 0 Å². The lowest BCUT2D eigenvalue weighted by atomic mass is 10.1. The van der Waals surface area contributed by atoms with Gasteiger partial charge in [0.2, 0.25) is 5.95 Å². The second-order valence-corrected chi connectivity index (χ2v) is 7.43. The van der Waals surface area contributed by atoms with Crippen molar-refractivity contribution in [3.63, 3.8) is 0 Å². The maximum atomic E-state index is 13.1. The molecule has 0 saturated carbocycles. The molecule has 0 radical (unpaired) electrons. The molecule has 0 aromatic carbocycles. The topological polar surface area (TPSA) is 78.9 Å². The van der Waals surface area contributed by atoms with Gasteiger partial charge in [-0.05, 0) is 17.5 Å². The summed E-state index contributed by atoms with van der Waals surface area (Å²) in [5.74, 6) is 0.202. The fourth-order valence-electron chi connectivity index (χ4n) is 3.47. The Morgan fingerprint density at radius 2 is 1.75 bits per heavy atom. The summed E-state index contributed by atoms with van der Waals surface area (Å²) in [6.07, 6.45) is 3.44. The van der Waals surface area contributed by atoms with E-state index >= 15 is 0 Å². The third-order valence-electron chi connectivity index (χ3n) is 4.86. The number of carbonyl (C=O) groups is 2. The first-order chi connectivity index (χ1) is 13.7. The van der Waals surface area contributed by atoms with Crippen LogP contribution in [0.1, 0.15) is 4.88 Å². The van der Waals surface area contributed by atoms with Gasteiger partial charge in [0, 0.05) is 50.6 Å². The standard InChI is InChI=1S/C19H21N5O3S/c1-27-12-11-24-17(25)15(14-4-2-13-28-14)16(18(24)26)22-7-9-23(10-8-22)19-20-5-3-6-21-19/h2-6,13H,7-12H2,1H3. The van der Waals surface area contributed by atoms with Gasteiger partial charge in [-0.2, -0.15) is 0 Å². The number of methoxy groups -OCH3 is 1. The number of thiophene rings is 1. The van der Waals surface area contributed by atoms with Gasteiger partial charge in [-0.15, -0.1) is 11.3 Å². The van der Waals surface area contributed by atoms with E-state index in [0.29, 0.717) is 50.0 Å². The molecule has 2 aliphatic heterocycles. The Morgan fingerprint density at radius 1 is 1.04 bits per heavy atom. The van der Waals surface area contributed by atoms with Gasteiger partial charge in [-0.1, -0.05) is 6.07 Å². The highest BCUT2D eigenvalue weighted by atomic mass is 32.1. The first kappa shape index (κ1) is 18.6. The molecule has 2 amide bonds. The van der Waals surface area contributed by atoms with Gasteiger partial charge in [0.05, 0.1) is 18.7 Å². The first-order valence-electron chi connectivity index (χ1n) is 9.11. The largest absolute Gasteiger partial charge is 0.383 e. The van der Waals surface area contributed by atoms with Crippen LogP contribution in [-0.2, 0) is 14.3 Å². The van der Waals surface area contributed by atoms with Gasteiger partial charge in [0.1, 0.15) is 5.70 Å². The number of nitrogens with zero attached hydrogens (tertiary/aromatic N) is 5. The van der Waals surface area contributed by atoms with E-state index in [1.54, 1.807) is 25.6 Å². The fraction of sp³-hybridized carbons (Fsp3) is 0.368. The molecule has 0 aliphatic carbocycles. The quantitative estimate of drug-likeness (QED) is 0.673. The number of piperazine rings is 1. The van der Waals surface area contributed by atoms with Crippen LogP contribution in [0.15, 0.2) is 41.7 Å². The van der Waals surface area contributed by atoms with Gasteiger partial charge in [-0.25, -0.2) is 9.97 Å². The number of imide groups is 1. The summed E-state index contributed by atoms with van der Waals surface area (Å²) in [7, 11) is 1.56. The van der Waals surface area contributed by atoms with Gasteiger partial charge in [0.25, 0.3) is 11.8 Å². The second-order valence-electron chi connectivity index (χ2n) is 6.48. The lowest BCUT2D eigenvalue weighted by Crippen LogP contribution is -2.48. The monoisotopic (exact) mass is 399 g/mol. The zero-order chi connectivity index (χ0) is 19.5. The summed E-state index contributed by atoms with van der Waals surface area (Å²) in [6, 6.07) is 5.57. The Labute approximate surface area is 167 Å². The molecule has 9 heteroatoms. The van der Waals surface area contributed by atoms with Crippen molar-refractivity contribution in [1.82, 2.24) is 19.8 Å². The normalized spacial score (nSPS) is 17.8. The summed E-state index contributed by atoms with van der Waals surface area (Å²) >= 11 is 1.47. The first-order valence-corrected chi connectivity index (χ1v) is 9.99. The van der Waals surface area contributed by atoms with Crippen molar-refractivity contribution >= 4 is 34.7 Å². The van der Waals surface area contributed by atoms with E-state index in [1.807, 2.05) is 22.4 Å². The number of amides is 2. The Bertz CT molecular complexity index is 876. The molecule has 0 atom stereocenters. The number of ether oxygens (including phenoxy) is 1. The molecule has 146 valence electrons. The molecule has 2 aromatic rings. The molecule has 28 heavy (non-hydrogen) atoms. The highest BCUT2D eigenvalue weighted by molar-refractivity contribution is 7.11. The molecule has 4 rings (SSSR count). The van der Waals surface area contributed by atoms with E-state index in [4.69, 9.17) is 4.74 Å². The van der Waals surface area contributed by atoms with Gasteiger partial charge >= 0.3 is 0 Å². The number of hydrogen-bond donors (Lipinski definition) is 0. The highest BCUT2D eigenvalue weighted by Gasteiger charge is 2.42. The van der Waals surface area contributed by atoms with Crippen LogP contribution in [0.25, 0.3) is 5.57 Å². The van der Waals surface area contributed by atoms with Crippen LogP contribution in [-0.4, -0.2) is 78.0 Å². The molecule has 0 spiro atoms. The average Bonchev–Trinajstić information content (AvgIpc) is 3.34. The zero-order valence-corrected chi connectivity index (χ0v) is 16.4. The third-order valence-corrected chi connectivity index (χ3v) is 5.75. The Morgan fingerprint density at radius 3 is 2.39 bits per heavy atom. The SMILES string of the molecule is COCCN1C(=O)C(c2cccs2)=C(N2CCN(c3ncccn3)CC2)C1=O. The smallest absolute Gasteiger partial charge is 0.277 e. The molecular weight excluding hydrogens is 378 g/mol.